The molecule has 0 radical (unpaired) electrons. The Kier molecular flexibility index (Phi) is 22.7. The number of rotatable bonds is 6. The van der Waals surface area contributed by atoms with Crippen LogP contribution < -0.4 is 0 Å². The van der Waals surface area contributed by atoms with Crippen LogP contribution >= 0.6 is 0 Å². The Morgan fingerprint density at radius 3 is 0.886 bits per heavy atom. The molecule has 0 spiro atoms. The van der Waals surface area contributed by atoms with Gasteiger partial charge in [0.2, 0.25) is 0 Å². The molecule has 0 atom stereocenters. The van der Waals surface area contributed by atoms with E-state index in [0.717, 1.165) is 0 Å². The molecule has 18 aromatic rings. The highest BCUT2D eigenvalue weighted by molar-refractivity contribution is 5.95. The average molecular weight is 1710 g/mol. The van der Waals surface area contributed by atoms with Crippen LogP contribution in [0.15, 0.2) is 400 Å². The second-order valence-electron chi connectivity index (χ2n) is 40.6. The van der Waals surface area contributed by atoms with Crippen LogP contribution in [0, 0.1) is 41.5 Å². The van der Waals surface area contributed by atoms with Crippen molar-refractivity contribution in [2.45, 2.75) is 157 Å². The van der Waals surface area contributed by atoms with E-state index in [4.69, 9.17) is 0 Å². The Balaban J connectivity index is 0.000000102. The average Bonchev–Trinajstić information content (AvgIpc) is 1.55. The van der Waals surface area contributed by atoms with E-state index in [1.54, 1.807) is 0 Å². The zero-order valence-corrected chi connectivity index (χ0v) is 80.1. The van der Waals surface area contributed by atoms with Gasteiger partial charge in [0, 0.05) is 32.5 Å². The minimum atomic E-state index is 0.0464. The molecule has 0 N–H and O–H groups in total. The summed E-state index contributed by atoms with van der Waals surface area (Å²) in [6.45, 7) is 41.0. The lowest BCUT2D eigenvalue weighted by Gasteiger charge is -2.25. The van der Waals surface area contributed by atoms with Gasteiger partial charge in [-0.3, -0.25) is 0 Å². The molecular weight excluding hydrogens is 1590 g/mol. The first-order chi connectivity index (χ1) is 63.5. The minimum Gasteiger partial charge on any atom is -0.0622 e. The van der Waals surface area contributed by atoms with Crippen molar-refractivity contribution in [2.24, 2.45) is 0 Å². The van der Waals surface area contributed by atoms with Crippen molar-refractivity contribution in [1.29, 1.82) is 0 Å². The fraction of sp³-hybridized carbons (Fsp3) is 0.182. The summed E-state index contributed by atoms with van der Waals surface area (Å²) in [6, 6.07) is 146. The lowest BCUT2D eigenvalue weighted by molar-refractivity contribution is 0.660. The molecule has 0 nitrogen and oxygen atoms in total. The Bertz CT molecular complexity index is 7470. The first kappa shape index (κ1) is 87.3. The summed E-state index contributed by atoms with van der Waals surface area (Å²) in [5.74, 6) is 0. The maximum Gasteiger partial charge on any atom is 0.0165 e. The third-order valence-corrected chi connectivity index (χ3v) is 29.8. The van der Waals surface area contributed by atoms with Crippen molar-refractivity contribution < 1.29 is 0 Å². The summed E-state index contributed by atoms with van der Waals surface area (Å²) >= 11 is 0. The SMILES string of the molecule is Cc1ccc(-c2ccc3c(c2)-c2ccccc2C3(C)C)cc1.Cc1ccc2c(c1)C(C)(C)c1cccc(-c3ccccc3)c1-2.Cc1cccc(-c2ccc3c(c2)-c2ccccc2C3(C)C)c1.Cc1cccc(-c2cccc3c2C(C)(C)c2ccccc2-3)c1.Cc1ccccc1-c1ccc2c(c1)-c1ccccc1C2(C)C.Cc1ccccc1-c1cccc2c1C(C)(C)c1ccccc1-2. The maximum atomic E-state index is 2.37. The summed E-state index contributed by atoms with van der Waals surface area (Å²) < 4.78 is 0. The zero-order chi connectivity index (χ0) is 91.9. The van der Waals surface area contributed by atoms with E-state index in [9.17, 15) is 0 Å². The first-order valence-corrected chi connectivity index (χ1v) is 47.4. The molecule has 0 aromatic heterocycles. The molecule has 0 heterocycles. The molecule has 0 amide bonds. The van der Waals surface area contributed by atoms with Crippen LogP contribution in [0.4, 0.5) is 0 Å². The molecule has 648 valence electrons. The molecule has 132 heavy (non-hydrogen) atoms. The molecule has 0 heteroatoms. The molecule has 0 aliphatic heterocycles. The maximum absolute atomic E-state index is 2.37. The van der Waals surface area contributed by atoms with Crippen molar-refractivity contribution in [2.75, 3.05) is 0 Å². The Morgan fingerprint density at radius 2 is 0.409 bits per heavy atom. The van der Waals surface area contributed by atoms with Gasteiger partial charge in [0.15, 0.2) is 0 Å². The van der Waals surface area contributed by atoms with Crippen LogP contribution in [0.3, 0.4) is 0 Å². The van der Waals surface area contributed by atoms with E-state index >= 15 is 0 Å². The normalized spacial score (nSPS) is 14.5. The van der Waals surface area contributed by atoms with Gasteiger partial charge in [-0.15, -0.1) is 0 Å². The number of hydrogen-bond acceptors (Lipinski definition) is 0. The van der Waals surface area contributed by atoms with Crippen LogP contribution in [-0.4, -0.2) is 0 Å². The Labute approximate surface area is 785 Å². The summed E-state index contributed by atoms with van der Waals surface area (Å²) in [5.41, 5.74) is 58.2. The van der Waals surface area contributed by atoms with Gasteiger partial charge >= 0.3 is 0 Å². The van der Waals surface area contributed by atoms with Gasteiger partial charge < -0.3 is 0 Å². The highest BCUT2D eigenvalue weighted by Crippen LogP contribution is 2.58. The summed E-state index contributed by atoms with van der Waals surface area (Å²) in [4.78, 5) is 0. The molecule has 6 aliphatic rings. The Morgan fingerprint density at radius 1 is 0.129 bits per heavy atom. The molecule has 6 aliphatic carbocycles. The van der Waals surface area contributed by atoms with Crippen molar-refractivity contribution in [3.8, 4) is 134 Å². The fourth-order valence-corrected chi connectivity index (χ4v) is 22.8. The smallest absolute Gasteiger partial charge is 0.0165 e. The van der Waals surface area contributed by atoms with Crippen LogP contribution in [0.2, 0.25) is 0 Å². The Hall–Kier alpha value is -14.0. The van der Waals surface area contributed by atoms with E-state index in [0.29, 0.717) is 0 Å². The summed E-state index contributed by atoms with van der Waals surface area (Å²) in [5, 5.41) is 0. The molecule has 0 bridgehead atoms. The van der Waals surface area contributed by atoms with Crippen molar-refractivity contribution >= 4 is 0 Å². The second-order valence-corrected chi connectivity index (χ2v) is 40.6. The van der Waals surface area contributed by atoms with E-state index < -0.39 is 0 Å². The number of hydrogen-bond donors (Lipinski definition) is 0. The summed E-state index contributed by atoms with van der Waals surface area (Å²) in [7, 11) is 0. The standard InChI is InChI=1S/6C22H20/c1-15-8-6-9-16(14-15)17-11-7-12-19-18-10-4-5-13-20(18)22(2,3)21(17)19;1-15-9-4-5-10-16(15)18-12-8-13-19-17-11-6-7-14-20(17)22(2,3)21(18)19;1-15-7-6-8-16(13-15)17-11-12-21-19(14-17)18-9-4-5-10-20(18)22(21,2)3;1-15-8-4-5-9-17(15)16-12-13-21-19(14-16)18-10-6-7-11-20(18)22(21,2)3;1-15-12-13-18-20(14-15)22(2,3)19-11-7-10-17(21(18)19)16-8-5-4-6-9-16;1-15-8-10-16(11-9-15)17-12-13-21-19(14-17)18-6-4-5-7-20(18)22(21,2)3/h6*4-14H,1-3H3. The van der Waals surface area contributed by atoms with Gasteiger partial charge in [0.25, 0.3) is 0 Å². The van der Waals surface area contributed by atoms with E-state index in [-0.39, 0.29) is 32.5 Å². The quantitative estimate of drug-likeness (QED) is 0.156. The van der Waals surface area contributed by atoms with Crippen molar-refractivity contribution in [3.63, 3.8) is 0 Å². The first-order valence-electron chi connectivity index (χ1n) is 47.4. The molecule has 0 saturated carbocycles. The zero-order valence-electron chi connectivity index (χ0n) is 80.1. The number of aryl methyl sites for hydroxylation is 6. The molecular formula is C132H120. The lowest BCUT2D eigenvalue weighted by atomic mass is 9.78. The van der Waals surface area contributed by atoms with E-state index in [2.05, 4.69) is 525 Å². The van der Waals surface area contributed by atoms with Crippen molar-refractivity contribution in [3.05, 3.63) is 501 Å². The monoisotopic (exact) mass is 1700 g/mol. The highest BCUT2D eigenvalue weighted by atomic mass is 14.5. The van der Waals surface area contributed by atoms with E-state index in [1.165, 1.54) is 234 Å². The largest absolute Gasteiger partial charge is 0.0622 e. The van der Waals surface area contributed by atoms with Gasteiger partial charge in [-0.1, -0.05) is 488 Å². The summed E-state index contributed by atoms with van der Waals surface area (Å²) in [6.07, 6.45) is 0. The molecule has 24 rings (SSSR count). The predicted molar refractivity (Wildman–Crippen MR) is 565 cm³/mol. The van der Waals surface area contributed by atoms with Crippen LogP contribution in [0.1, 0.15) is 183 Å². The highest BCUT2D eigenvalue weighted by Gasteiger charge is 2.43. The van der Waals surface area contributed by atoms with Gasteiger partial charge in [-0.05, 0) is 271 Å². The fourth-order valence-electron chi connectivity index (χ4n) is 22.8. The third kappa shape index (κ3) is 15.4. The molecule has 18 aromatic carbocycles. The van der Waals surface area contributed by atoms with E-state index in [1.807, 2.05) is 0 Å². The molecule has 0 saturated heterocycles. The predicted octanol–water partition coefficient (Wildman–Crippen LogP) is 35.8. The molecule has 0 fully saturated rings. The van der Waals surface area contributed by atoms with Crippen LogP contribution in [0.25, 0.3) is 134 Å². The number of benzene rings is 18. The van der Waals surface area contributed by atoms with Crippen LogP contribution in [0.5, 0.6) is 0 Å². The minimum absolute atomic E-state index is 0.0464. The van der Waals surface area contributed by atoms with Gasteiger partial charge in [0.1, 0.15) is 0 Å². The third-order valence-electron chi connectivity index (χ3n) is 29.8. The van der Waals surface area contributed by atoms with Gasteiger partial charge in [0.05, 0.1) is 0 Å². The van der Waals surface area contributed by atoms with Crippen LogP contribution in [-0.2, 0) is 32.5 Å². The van der Waals surface area contributed by atoms with Gasteiger partial charge in [-0.2, -0.15) is 0 Å². The molecule has 0 unspecified atom stereocenters. The lowest BCUT2D eigenvalue weighted by Crippen LogP contribution is -2.16. The topological polar surface area (TPSA) is 0 Å². The number of fused-ring (bicyclic) bond motifs is 18. The van der Waals surface area contributed by atoms with Crippen molar-refractivity contribution in [1.82, 2.24) is 0 Å². The van der Waals surface area contributed by atoms with Gasteiger partial charge in [-0.25, -0.2) is 0 Å². The second kappa shape index (κ2) is 34.4.